The number of rotatable bonds is 2. The molecule has 0 aliphatic rings. The summed E-state index contributed by atoms with van der Waals surface area (Å²) in [5.74, 6) is 0. The molecule has 0 spiro atoms. The summed E-state index contributed by atoms with van der Waals surface area (Å²) in [7, 11) is 0. The third kappa shape index (κ3) is 2.18. The van der Waals surface area contributed by atoms with Gasteiger partial charge in [-0.15, -0.1) is 0 Å². The van der Waals surface area contributed by atoms with Crippen LogP contribution in [0, 0.1) is 0 Å². The van der Waals surface area contributed by atoms with E-state index < -0.39 is 6.10 Å². The number of halogens is 2. The Morgan fingerprint density at radius 1 is 1.15 bits per heavy atom. The molecule has 3 aromatic rings. The van der Waals surface area contributed by atoms with Crippen LogP contribution < -0.4 is 0 Å². The van der Waals surface area contributed by atoms with Gasteiger partial charge in [0.15, 0.2) is 0 Å². The summed E-state index contributed by atoms with van der Waals surface area (Å²) >= 11 is 12.0. The van der Waals surface area contributed by atoms with Crippen molar-refractivity contribution in [3.05, 3.63) is 58.3 Å². The summed E-state index contributed by atoms with van der Waals surface area (Å²) in [5.41, 5.74) is 3.06. The smallest absolute Gasteiger partial charge is 0.137 e. The number of aliphatic hydroxyl groups excluding tert-OH is 1. The van der Waals surface area contributed by atoms with Gasteiger partial charge in [0.1, 0.15) is 5.65 Å². The molecular weight excluding hydrogens is 295 g/mol. The van der Waals surface area contributed by atoms with Crippen LogP contribution in [0.5, 0.6) is 0 Å². The molecule has 1 unspecified atom stereocenters. The number of aliphatic hydroxyl groups is 1. The average molecular weight is 307 g/mol. The molecule has 20 heavy (non-hydrogen) atoms. The number of aromatic nitrogens is 2. The van der Waals surface area contributed by atoms with Crippen molar-refractivity contribution in [3.63, 3.8) is 0 Å². The van der Waals surface area contributed by atoms with Crippen LogP contribution in [0.4, 0.5) is 0 Å². The van der Waals surface area contributed by atoms with Gasteiger partial charge in [-0.1, -0.05) is 35.3 Å². The molecule has 3 rings (SSSR count). The molecule has 0 amide bonds. The lowest BCUT2D eigenvalue weighted by molar-refractivity contribution is 0.194. The van der Waals surface area contributed by atoms with E-state index in [2.05, 4.69) is 4.98 Å². The van der Waals surface area contributed by atoms with Gasteiger partial charge in [-0.05, 0) is 31.2 Å². The number of hydrogen-bond acceptors (Lipinski definition) is 2. The Bertz CT molecular complexity index is 781. The van der Waals surface area contributed by atoms with Crippen molar-refractivity contribution < 1.29 is 5.11 Å². The van der Waals surface area contributed by atoms with Gasteiger partial charge in [-0.25, -0.2) is 4.98 Å². The molecule has 1 N–H and O–H groups in total. The van der Waals surface area contributed by atoms with Crippen molar-refractivity contribution in [1.29, 1.82) is 0 Å². The molecule has 0 saturated heterocycles. The van der Waals surface area contributed by atoms with Gasteiger partial charge in [0, 0.05) is 11.8 Å². The third-order valence-corrected chi connectivity index (χ3v) is 3.89. The summed E-state index contributed by atoms with van der Waals surface area (Å²) in [5, 5.41) is 11.0. The third-order valence-electron chi connectivity index (χ3n) is 3.16. The maximum absolute atomic E-state index is 10.1. The second-order valence-electron chi connectivity index (χ2n) is 4.58. The van der Waals surface area contributed by atoms with E-state index in [1.807, 2.05) is 34.9 Å². The first-order valence-corrected chi connectivity index (χ1v) is 6.94. The summed E-state index contributed by atoms with van der Waals surface area (Å²) in [6, 6.07) is 11.0. The first-order valence-electron chi connectivity index (χ1n) is 6.18. The zero-order chi connectivity index (χ0) is 14.3. The van der Waals surface area contributed by atoms with Gasteiger partial charge >= 0.3 is 0 Å². The molecule has 102 valence electrons. The predicted molar refractivity (Wildman–Crippen MR) is 81.3 cm³/mol. The molecule has 2 aromatic heterocycles. The SMILES string of the molecule is CC(O)c1c(-c2ccc(Cl)c(Cl)c2)nc2ccccn12. The Morgan fingerprint density at radius 2 is 1.95 bits per heavy atom. The lowest BCUT2D eigenvalue weighted by Crippen LogP contribution is -1.99. The molecule has 0 fully saturated rings. The van der Waals surface area contributed by atoms with E-state index in [-0.39, 0.29) is 0 Å². The molecule has 0 radical (unpaired) electrons. The maximum atomic E-state index is 10.1. The monoisotopic (exact) mass is 306 g/mol. The van der Waals surface area contributed by atoms with Crippen molar-refractivity contribution in [2.24, 2.45) is 0 Å². The Labute approximate surface area is 126 Å². The average Bonchev–Trinajstić information content (AvgIpc) is 2.81. The second kappa shape index (κ2) is 5.09. The second-order valence-corrected chi connectivity index (χ2v) is 5.39. The zero-order valence-corrected chi connectivity index (χ0v) is 12.2. The number of imidazole rings is 1. The fraction of sp³-hybridized carbons (Fsp3) is 0.133. The molecule has 0 aliphatic carbocycles. The first-order chi connectivity index (χ1) is 9.58. The number of hydrogen-bond donors (Lipinski definition) is 1. The van der Waals surface area contributed by atoms with E-state index >= 15 is 0 Å². The van der Waals surface area contributed by atoms with E-state index in [9.17, 15) is 5.11 Å². The minimum absolute atomic E-state index is 0.470. The standard InChI is InChI=1S/C15H12Cl2N2O/c1-9(20)15-14(10-5-6-11(16)12(17)8-10)18-13-4-2-3-7-19(13)15/h2-9,20H,1H3. The molecule has 2 heterocycles. The number of benzene rings is 1. The highest BCUT2D eigenvalue weighted by Gasteiger charge is 2.18. The number of fused-ring (bicyclic) bond motifs is 1. The van der Waals surface area contributed by atoms with Crippen LogP contribution in [-0.4, -0.2) is 14.5 Å². The van der Waals surface area contributed by atoms with E-state index in [4.69, 9.17) is 23.2 Å². The first kappa shape index (κ1) is 13.4. The van der Waals surface area contributed by atoms with Crippen LogP contribution in [0.3, 0.4) is 0 Å². The normalized spacial score (nSPS) is 12.8. The highest BCUT2D eigenvalue weighted by Crippen LogP contribution is 2.32. The largest absolute Gasteiger partial charge is 0.387 e. The van der Waals surface area contributed by atoms with Crippen LogP contribution >= 0.6 is 23.2 Å². The Balaban J connectivity index is 2.29. The predicted octanol–water partition coefficient (Wildman–Crippen LogP) is 4.36. The van der Waals surface area contributed by atoms with Crippen molar-refractivity contribution in [2.75, 3.05) is 0 Å². The van der Waals surface area contributed by atoms with Crippen LogP contribution in [-0.2, 0) is 0 Å². The van der Waals surface area contributed by atoms with E-state index in [1.54, 1.807) is 19.1 Å². The molecule has 1 atom stereocenters. The summed E-state index contributed by atoms with van der Waals surface area (Å²) in [4.78, 5) is 4.58. The molecular formula is C15H12Cl2N2O. The Morgan fingerprint density at radius 3 is 2.65 bits per heavy atom. The van der Waals surface area contributed by atoms with Gasteiger partial charge in [0.25, 0.3) is 0 Å². The van der Waals surface area contributed by atoms with E-state index in [0.717, 1.165) is 16.9 Å². The van der Waals surface area contributed by atoms with Crippen LogP contribution in [0.15, 0.2) is 42.6 Å². The molecule has 5 heteroatoms. The number of pyridine rings is 1. The van der Waals surface area contributed by atoms with Crippen molar-refractivity contribution in [1.82, 2.24) is 9.38 Å². The van der Waals surface area contributed by atoms with Gasteiger partial charge in [-0.2, -0.15) is 0 Å². The lowest BCUT2D eigenvalue weighted by atomic mass is 10.1. The van der Waals surface area contributed by atoms with Gasteiger partial charge in [0.2, 0.25) is 0 Å². The minimum Gasteiger partial charge on any atom is -0.387 e. The molecule has 1 aromatic carbocycles. The fourth-order valence-electron chi connectivity index (χ4n) is 2.27. The van der Waals surface area contributed by atoms with Crippen LogP contribution in [0.2, 0.25) is 10.0 Å². The number of nitrogens with zero attached hydrogens (tertiary/aromatic N) is 2. The van der Waals surface area contributed by atoms with Crippen molar-refractivity contribution in [2.45, 2.75) is 13.0 Å². The topological polar surface area (TPSA) is 37.5 Å². The lowest BCUT2D eigenvalue weighted by Gasteiger charge is -2.08. The summed E-state index contributed by atoms with van der Waals surface area (Å²) < 4.78 is 1.88. The summed E-state index contributed by atoms with van der Waals surface area (Å²) in [6.45, 7) is 1.72. The van der Waals surface area contributed by atoms with Crippen molar-refractivity contribution >= 4 is 28.8 Å². The zero-order valence-electron chi connectivity index (χ0n) is 10.7. The van der Waals surface area contributed by atoms with Gasteiger partial charge in [-0.3, -0.25) is 0 Å². The van der Waals surface area contributed by atoms with Crippen LogP contribution in [0.25, 0.3) is 16.9 Å². The van der Waals surface area contributed by atoms with Crippen molar-refractivity contribution in [3.8, 4) is 11.3 Å². The molecule has 3 nitrogen and oxygen atoms in total. The fourth-order valence-corrected chi connectivity index (χ4v) is 2.57. The highest BCUT2D eigenvalue weighted by molar-refractivity contribution is 6.42. The van der Waals surface area contributed by atoms with E-state index in [1.165, 1.54) is 0 Å². The van der Waals surface area contributed by atoms with Gasteiger partial charge in [0.05, 0.1) is 27.5 Å². The van der Waals surface area contributed by atoms with Crippen LogP contribution in [0.1, 0.15) is 18.7 Å². The highest BCUT2D eigenvalue weighted by atomic mass is 35.5. The Hall–Kier alpha value is -1.55. The molecule has 0 bridgehead atoms. The quantitative estimate of drug-likeness (QED) is 0.763. The van der Waals surface area contributed by atoms with Gasteiger partial charge < -0.3 is 9.51 Å². The summed E-state index contributed by atoms with van der Waals surface area (Å²) in [6.07, 6.45) is 1.24. The maximum Gasteiger partial charge on any atom is 0.137 e. The molecule has 0 aliphatic heterocycles. The minimum atomic E-state index is -0.642. The van der Waals surface area contributed by atoms with E-state index in [0.29, 0.717) is 15.7 Å². The molecule has 0 saturated carbocycles. The Kier molecular flexibility index (Phi) is 3.42.